The lowest BCUT2D eigenvalue weighted by Crippen LogP contribution is -1.99. The maximum atomic E-state index is 10.1. The minimum atomic E-state index is 0.155. The summed E-state index contributed by atoms with van der Waals surface area (Å²) in [5.41, 5.74) is 6.67. The molecule has 0 aliphatic carbocycles. The van der Waals surface area contributed by atoms with E-state index in [2.05, 4.69) is 30.7 Å². The van der Waals surface area contributed by atoms with Crippen LogP contribution in [0, 0.1) is 0 Å². The van der Waals surface area contributed by atoms with E-state index in [1.54, 1.807) is 12.3 Å². The Hall–Kier alpha value is -3.68. The van der Waals surface area contributed by atoms with Crippen molar-refractivity contribution < 1.29 is 9.84 Å². The van der Waals surface area contributed by atoms with Crippen LogP contribution in [0.5, 0.6) is 11.5 Å². The van der Waals surface area contributed by atoms with Gasteiger partial charge in [-0.25, -0.2) is 5.43 Å². The second-order valence-corrected chi connectivity index (χ2v) is 5.96. The SMILES string of the molecule is CCc1cc(/C=N/Nc2nnc3c(n2)[nH]c2ccccc23)cc(OC)c1O. The van der Waals surface area contributed by atoms with E-state index >= 15 is 0 Å². The van der Waals surface area contributed by atoms with Crippen molar-refractivity contribution in [3.63, 3.8) is 0 Å². The molecule has 136 valence electrons. The predicted molar refractivity (Wildman–Crippen MR) is 104 cm³/mol. The number of anilines is 1. The molecule has 0 saturated carbocycles. The van der Waals surface area contributed by atoms with Crippen LogP contribution < -0.4 is 10.2 Å². The molecule has 0 bridgehead atoms. The molecular formula is C19H18N6O2. The zero-order chi connectivity index (χ0) is 18.8. The Bertz CT molecular complexity index is 1130. The molecule has 0 spiro atoms. The lowest BCUT2D eigenvalue weighted by molar-refractivity contribution is 0.371. The molecule has 8 heteroatoms. The number of fused-ring (bicyclic) bond motifs is 3. The normalized spacial score (nSPS) is 11.5. The Labute approximate surface area is 154 Å². The molecule has 3 N–H and O–H groups in total. The summed E-state index contributed by atoms with van der Waals surface area (Å²) in [6.45, 7) is 1.96. The van der Waals surface area contributed by atoms with Gasteiger partial charge in [-0.2, -0.15) is 10.1 Å². The van der Waals surface area contributed by atoms with Crippen molar-refractivity contribution in [3.8, 4) is 11.5 Å². The summed E-state index contributed by atoms with van der Waals surface area (Å²) in [5, 5.41) is 23.5. The quantitative estimate of drug-likeness (QED) is 0.371. The molecule has 0 aliphatic rings. The number of nitrogens with zero attached hydrogens (tertiary/aromatic N) is 4. The number of nitrogens with one attached hydrogen (secondary N) is 2. The number of hydrogen-bond donors (Lipinski definition) is 3. The number of para-hydroxylation sites is 1. The molecule has 0 amide bonds. The lowest BCUT2D eigenvalue weighted by Gasteiger charge is -2.08. The Balaban J connectivity index is 1.58. The van der Waals surface area contributed by atoms with Gasteiger partial charge in [0.05, 0.1) is 13.3 Å². The van der Waals surface area contributed by atoms with Gasteiger partial charge >= 0.3 is 0 Å². The number of hydrogen-bond acceptors (Lipinski definition) is 7. The van der Waals surface area contributed by atoms with Gasteiger partial charge in [0.25, 0.3) is 5.95 Å². The molecule has 27 heavy (non-hydrogen) atoms. The fourth-order valence-electron chi connectivity index (χ4n) is 2.92. The van der Waals surface area contributed by atoms with E-state index in [1.807, 2.05) is 37.3 Å². The fourth-order valence-corrected chi connectivity index (χ4v) is 2.92. The van der Waals surface area contributed by atoms with E-state index in [1.165, 1.54) is 7.11 Å². The van der Waals surface area contributed by atoms with Gasteiger partial charge in [0.15, 0.2) is 17.1 Å². The smallest absolute Gasteiger partial charge is 0.265 e. The van der Waals surface area contributed by atoms with Gasteiger partial charge in [0.1, 0.15) is 5.52 Å². The number of benzene rings is 2. The van der Waals surface area contributed by atoms with E-state index in [0.29, 0.717) is 17.8 Å². The molecule has 0 atom stereocenters. The van der Waals surface area contributed by atoms with Crippen LogP contribution in [0.1, 0.15) is 18.1 Å². The minimum absolute atomic E-state index is 0.155. The van der Waals surface area contributed by atoms with Crippen LogP contribution in [0.3, 0.4) is 0 Å². The fraction of sp³-hybridized carbons (Fsp3) is 0.158. The third-order valence-corrected chi connectivity index (χ3v) is 4.28. The van der Waals surface area contributed by atoms with Crippen molar-refractivity contribution in [1.82, 2.24) is 20.2 Å². The number of H-pyrrole nitrogens is 1. The molecule has 4 rings (SSSR count). The van der Waals surface area contributed by atoms with Crippen molar-refractivity contribution in [1.29, 1.82) is 0 Å². The minimum Gasteiger partial charge on any atom is -0.504 e. The Kier molecular flexibility index (Phi) is 4.29. The van der Waals surface area contributed by atoms with Crippen LogP contribution in [-0.4, -0.2) is 38.6 Å². The Morgan fingerprint density at radius 1 is 1.26 bits per heavy atom. The Morgan fingerprint density at radius 3 is 2.93 bits per heavy atom. The number of phenols is 1. The average molecular weight is 362 g/mol. The van der Waals surface area contributed by atoms with Crippen LogP contribution in [-0.2, 0) is 6.42 Å². The van der Waals surface area contributed by atoms with Crippen molar-refractivity contribution >= 4 is 34.2 Å². The van der Waals surface area contributed by atoms with Crippen molar-refractivity contribution in [2.45, 2.75) is 13.3 Å². The summed E-state index contributed by atoms with van der Waals surface area (Å²) in [6.07, 6.45) is 2.29. The molecule has 0 radical (unpaired) electrons. The molecule has 2 aromatic heterocycles. The van der Waals surface area contributed by atoms with Gasteiger partial charge < -0.3 is 14.8 Å². The zero-order valence-electron chi connectivity index (χ0n) is 14.9. The van der Waals surface area contributed by atoms with Gasteiger partial charge in [0.2, 0.25) is 0 Å². The number of aromatic nitrogens is 4. The van der Waals surface area contributed by atoms with Crippen molar-refractivity contribution in [2.75, 3.05) is 12.5 Å². The van der Waals surface area contributed by atoms with Gasteiger partial charge in [-0.1, -0.05) is 25.1 Å². The van der Waals surface area contributed by atoms with Crippen LogP contribution in [0.25, 0.3) is 22.1 Å². The van der Waals surface area contributed by atoms with Crippen LogP contribution in [0.15, 0.2) is 41.5 Å². The third kappa shape index (κ3) is 3.12. The number of phenolic OH excluding ortho intramolecular Hbond substituents is 1. The van der Waals surface area contributed by atoms with Gasteiger partial charge in [-0.05, 0) is 35.7 Å². The van der Waals surface area contributed by atoms with E-state index in [0.717, 1.165) is 27.5 Å². The topological polar surface area (TPSA) is 108 Å². The highest BCUT2D eigenvalue weighted by atomic mass is 16.5. The molecule has 0 fully saturated rings. The number of aromatic amines is 1. The first-order chi connectivity index (χ1) is 13.2. The number of rotatable bonds is 5. The van der Waals surface area contributed by atoms with Gasteiger partial charge in [-0.15, -0.1) is 10.2 Å². The van der Waals surface area contributed by atoms with E-state index in [-0.39, 0.29) is 11.7 Å². The summed E-state index contributed by atoms with van der Waals surface area (Å²) in [4.78, 5) is 7.62. The number of aryl methyl sites for hydroxylation is 1. The molecule has 2 aromatic carbocycles. The molecule has 2 heterocycles. The van der Waals surface area contributed by atoms with E-state index in [4.69, 9.17) is 4.74 Å². The van der Waals surface area contributed by atoms with E-state index < -0.39 is 0 Å². The van der Waals surface area contributed by atoms with Crippen LogP contribution >= 0.6 is 0 Å². The van der Waals surface area contributed by atoms with Gasteiger partial charge in [-0.3, -0.25) is 0 Å². The molecule has 4 aromatic rings. The molecule has 0 aliphatic heterocycles. The average Bonchev–Trinajstić information content (AvgIpc) is 3.06. The largest absolute Gasteiger partial charge is 0.504 e. The summed E-state index contributed by atoms with van der Waals surface area (Å²) in [5.74, 6) is 0.849. The first-order valence-corrected chi connectivity index (χ1v) is 8.49. The van der Waals surface area contributed by atoms with Crippen molar-refractivity contribution in [2.24, 2.45) is 5.10 Å². The second-order valence-electron chi connectivity index (χ2n) is 5.96. The number of aromatic hydroxyl groups is 1. The molecule has 0 unspecified atom stereocenters. The number of methoxy groups -OCH3 is 1. The number of hydrazone groups is 1. The second kappa shape index (κ2) is 6.91. The summed E-state index contributed by atoms with van der Waals surface area (Å²) in [6, 6.07) is 11.4. The standard InChI is InChI=1S/C19H18N6O2/c1-3-12-8-11(9-15(27-2)17(12)26)10-20-24-19-22-18-16(23-25-19)13-6-4-5-7-14(13)21-18/h4-10,26H,3H2,1-2H3,(H2,21,22,24,25)/b20-10+. The Morgan fingerprint density at radius 2 is 2.11 bits per heavy atom. The maximum absolute atomic E-state index is 10.1. The maximum Gasteiger partial charge on any atom is 0.265 e. The molecule has 0 saturated heterocycles. The highest BCUT2D eigenvalue weighted by Crippen LogP contribution is 2.31. The monoisotopic (exact) mass is 362 g/mol. The number of ether oxygens (including phenoxy) is 1. The van der Waals surface area contributed by atoms with Crippen LogP contribution in [0.4, 0.5) is 5.95 Å². The summed E-state index contributed by atoms with van der Waals surface area (Å²) in [7, 11) is 1.52. The van der Waals surface area contributed by atoms with E-state index in [9.17, 15) is 5.11 Å². The first-order valence-electron chi connectivity index (χ1n) is 8.49. The third-order valence-electron chi connectivity index (χ3n) is 4.28. The summed E-state index contributed by atoms with van der Waals surface area (Å²) >= 11 is 0. The first kappa shape index (κ1) is 16.8. The summed E-state index contributed by atoms with van der Waals surface area (Å²) < 4.78 is 5.20. The lowest BCUT2D eigenvalue weighted by atomic mass is 10.1. The molecular weight excluding hydrogens is 344 g/mol. The zero-order valence-corrected chi connectivity index (χ0v) is 14.9. The van der Waals surface area contributed by atoms with Crippen LogP contribution in [0.2, 0.25) is 0 Å². The highest BCUT2D eigenvalue weighted by molar-refractivity contribution is 6.03. The predicted octanol–water partition coefficient (Wildman–Crippen LogP) is 3.23. The van der Waals surface area contributed by atoms with Crippen molar-refractivity contribution in [3.05, 3.63) is 47.5 Å². The molecule has 8 nitrogen and oxygen atoms in total. The van der Waals surface area contributed by atoms with Gasteiger partial charge in [0, 0.05) is 10.9 Å². The highest BCUT2D eigenvalue weighted by Gasteiger charge is 2.09.